The lowest BCUT2D eigenvalue weighted by Crippen LogP contribution is -1.92. The monoisotopic (exact) mass is 414 g/mol. The van der Waals surface area contributed by atoms with Crippen LogP contribution in [0.4, 0.5) is 0 Å². The molecule has 2 aromatic carbocycles. The van der Waals surface area contributed by atoms with Gasteiger partial charge in [0.2, 0.25) is 0 Å². The van der Waals surface area contributed by atoms with Crippen molar-refractivity contribution >= 4 is 64.0 Å². The number of hydrogen-bond donors (Lipinski definition) is 0. The highest BCUT2D eigenvalue weighted by Gasteiger charge is 2.19. The molecule has 0 fully saturated rings. The summed E-state index contributed by atoms with van der Waals surface area (Å²) in [7, 11) is 0. The van der Waals surface area contributed by atoms with Gasteiger partial charge in [0, 0.05) is 31.1 Å². The zero-order valence-corrected chi connectivity index (χ0v) is 17.9. The van der Waals surface area contributed by atoms with Gasteiger partial charge in [-0.15, -0.1) is 22.7 Å². The summed E-state index contributed by atoms with van der Waals surface area (Å²) in [6, 6.07) is 13.1. The summed E-state index contributed by atoms with van der Waals surface area (Å²) in [5.74, 6) is 1.38. The van der Waals surface area contributed by atoms with Crippen molar-refractivity contribution in [2.75, 3.05) is 0 Å². The molecule has 0 amide bonds. The minimum Gasteiger partial charge on any atom is -0.461 e. The van der Waals surface area contributed by atoms with E-state index >= 15 is 0 Å². The van der Waals surface area contributed by atoms with Gasteiger partial charge in [0.1, 0.15) is 22.5 Å². The van der Waals surface area contributed by atoms with E-state index in [4.69, 9.17) is 9.40 Å². The molecule has 0 saturated carbocycles. The van der Waals surface area contributed by atoms with Crippen molar-refractivity contribution in [1.82, 2.24) is 9.97 Å². The number of thiophene rings is 2. The second kappa shape index (κ2) is 6.12. The zero-order chi connectivity index (χ0) is 19.7. The van der Waals surface area contributed by atoms with Gasteiger partial charge in [-0.25, -0.2) is 9.97 Å². The van der Waals surface area contributed by atoms with Crippen LogP contribution in [0.5, 0.6) is 0 Å². The normalized spacial score (nSPS) is 12.3. The standard InChI is InChI=1S/C24H18N2OS2/c1-12(2)16-10-15(9-14-6-7-28-23(14)16)22-21-20-17-8-13(3)27-18(17)4-5-19(20)29-24(21)26-11-25-22/h4-12H,1-3H3. The topological polar surface area (TPSA) is 38.9 Å². The number of benzene rings is 2. The Morgan fingerprint density at radius 1 is 1.00 bits per heavy atom. The maximum Gasteiger partial charge on any atom is 0.134 e. The van der Waals surface area contributed by atoms with E-state index < -0.39 is 0 Å². The Balaban J connectivity index is 1.76. The Kier molecular flexibility index (Phi) is 3.61. The van der Waals surface area contributed by atoms with Crippen LogP contribution in [0.1, 0.15) is 31.1 Å². The summed E-state index contributed by atoms with van der Waals surface area (Å²) in [5.41, 5.74) is 4.45. The van der Waals surface area contributed by atoms with Crippen LogP contribution in [0.2, 0.25) is 0 Å². The lowest BCUT2D eigenvalue weighted by Gasteiger charge is -2.11. The van der Waals surface area contributed by atoms with Crippen molar-refractivity contribution in [3.05, 3.63) is 59.4 Å². The number of aromatic nitrogens is 2. The largest absolute Gasteiger partial charge is 0.461 e. The van der Waals surface area contributed by atoms with E-state index in [0.29, 0.717) is 5.92 Å². The Morgan fingerprint density at radius 2 is 1.90 bits per heavy atom. The number of rotatable bonds is 2. The molecule has 0 spiro atoms. The molecule has 4 aromatic heterocycles. The third kappa shape index (κ3) is 2.47. The predicted octanol–water partition coefficient (Wildman–Crippen LogP) is 7.90. The first-order chi connectivity index (χ1) is 14.1. The predicted molar refractivity (Wildman–Crippen MR) is 124 cm³/mol. The van der Waals surface area contributed by atoms with Crippen molar-refractivity contribution < 1.29 is 4.42 Å². The molecule has 0 N–H and O–H groups in total. The van der Waals surface area contributed by atoms with Gasteiger partial charge in [0.15, 0.2) is 0 Å². The van der Waals surface area contributed by atoms with Crippen LogP contribution in [-0.4, -0.2) is 9.97 Å². The Hall–Kier alpha value is -2.76. The van der Waals surface area contributed by atoms with Gasteiger partial charge >= 0.3 is 0 Å². The first-order valence-electron chi connectivity index (χ1n) is 9.68. The van der Waals surface area contributed by atoms with Crippen LogP contribution < -0.4 is 0 Å². The Morgan fingerprint density at radius 3 is 2.76 bits per heavy atom. The average molecular weight is 415 g/mol. The van der Waals surface area contributed by atoms with Crippen LogP contribution in [0, 0.1) is 6.92 Å². The van der Waals surface area contributed by atoms with Crippen LogP contribution in [0.25, 0.3) is 52.6 Å². The van der Waals surface area contributed by atoms with Gasteiger partial charge in [-0.3, -0.25) is 0 Å². The van der Waals surface area contributed by atoms with E-state index in [1.807, 2.05) is 18.3 Å². The van der Waals surface area contributed by atoms with Crippen LogP contribution in [0.3, 0.4) is 0 Å². The van der Waals surface area contributed by atoms with E-state index in [1.54, 1.807) is 17.7 Å². The van der Waals surface area contributed by atoms with E-state index in [0.717, 1.165) is 38.2 Å². The first-order valence-corrected chi connectivity index (χ1v) is 11.4. The lowest BCUT2D eigenvalue weighted by atomic mass is 9.96. The van der Waals surface area contributed by atoms with Crippen LogP contribution in [-0.2, 0) is 0 Å². The van der Waals surface area contributed by atoms with Crippen molar-refractivity contribution in [3.8, 4) is 11.3 Å². The Labute approximate surface area is 175 Å². The lowest BCUT2D eigenvalue weighted by molar-refractivity contribution is 0.579. The quantitative estimate of drug-likeness (QED) is 0.289. The van der Waals surface area contributed by atoms with Crippen LogP contribution >= 0.6 is 22.7 Å². The maximum atomic E-state index is 5.90. The van der Waals surface area contributed by atoms with Gasteiger partial charge in [-0.05, 0) is 65.6 Å². The molecule has 0 unspecified atom stereocenters. The minimum atomic E-state index is 0.455. The molecule has 0 atom stereocenters. The molecule has 0 saturated heterocycles. The fourth-order valence-electron chi connectivity index (χ4n) is 4.23. The number of aryl methyl sites for hydroxylation is 1. The minimum absolute atomic E-state index is 0.455. The molecule has 29 heavy (non-hydrogen) atoms. The second-order valence-electron chi connectivity index (χ2n) is 7.77. The highest BCUT2D eigenvalue weighted by atomic mass is 32.1. The summed E-state index contributed by atoms with van der Waals surface area (Å²) in [6.07, 6.45) is 1.69. The highest BCUT2D eigenvalue weighted by Crippen LogP contribution is 2.43. The molecule has 5 heteroatoms. The van der Waals surface area contributed by atoms with E-state index in [9.17, 15) is 0 Å². The number of furan rings is 1. The van der Waals surface area contributed by atoms with Crippen molar-refractivity contribution in [2.24, 2.45) is 0 Å². The third-order valence-electron chi connectivity index (χ3n) is 5.53. The van der Waals surface area contributed by atoms with Crippen molar-refractivity contribution in [1.29, 1.82) is 0 Å². The van der Waals surface area contributed by atoms with Gasteiger partial charge in [-0.1, -0.05) is 13.8 Å². The number of nitrogens with zero attached hydrogens (tertiary/aromatic N) is 2. The molecule has 6 rings (SSSR count). The smallest absolute Gasteiger partial charge is 0.134 e. The van der Waals surface area contributed by atoms with E-state index in [-0.39, 0.29) is 0 Å². The average Bonchev–Trinajstić information content (AvgIpc) is 3.41. The molecule has 142 valence electrons. The summed E-state index contributed by atoms with van der Waals surface area (Å²) >= 11 is 3.54. The number of fused-ring (bicyclic) bond motifs is 6. The fourth-order valence-corrected chi connectivity index (χ4v) is 6.34. The van der Waals surface area contributed by atoms with Crippen molar-refractivity contribution in [3.63, 3.8) is 0 Å². The fraction of sp³-hybridized carbons (Fsp3) is 0.167. The molecular weight excluding hydrogens is 396 g/mol. The molecule has 6 aromatic rings. The summed E-state index contributed by atoms with van der Waals surface area (Å²) in [4.78, 5) is 10.4. The summed E-state index contributed by atoms with van der Waals surface area (Å²) in [5, 5.41) is 6.93. The molecule has 0 aliphatic rings. The van der Waals surface area contributed by atoms with Crippen molar-refractivity contribution in [2.45, 2.75) is 26.7 Å². The van der Waals surface area contributed by atoms with E-state index in [2.05, 4.69) is 60.6 Å². The van der Waals surface area contributed by atoms with E-state index in [1.165, 1.54) is 25.7 Å². The molecule has 3 nitrogen and oxygen atoms in total. The van der Waals surface area contributed by atoms with Gasteiger partial charge in [0.25, 0.3) is 0 Å². The molecule has 0 aliphatic carbocycles. The summed E-state index contributed by atoms with van der Waals surface area (Å²) in [6.45, 7) is 6.51. The third-order valence-corrected chi connectivity index (χ3v) is 7.57. The second-order valence-corrected chi connectivity index (χ2v) is 9.72. The van der Waals surface area contributed by atoms with Crippen LogP contribution in [0.15, 0.2) is 52.5 Å². The SMILES string of the molecule is Cc1cc2c(ccc3sc4ncnc(-c5cc(C(C)C)c6sccc6c5)c4c32)o1. The number of hydrogen-bond acceptors (Lipinski definition) is 5. The molecule has 0 aliphatic heterocycles. The van der Waals surface area contributed by atoms with Gasteiger partial charge in [0.05, 0.1) is 5.69 Å². The maximum absolute atomic E-state index is 5.90. The molecule has 0 bridgehead atoms. The summed E-state index contributed by atoms with van der Waals surface area (Å²) < 4.78 is 8.49. The van der Waals surface area contributed by atoms with Gasteiger partial charge in [-0.2, -0.15) is 0 Å². The first kappa shape index (κ1) is 17.1. The zero-order valence-electron chi connectivity index (χ0n) is 16.3. The molecule has 4 heterocycles. The molecule has 0 radical (unpaired) electrons. The molecular formula is C24H18N2OS2. The highest BCUT2D eigenvalue weighted by molar-refractivity contribution is 7.25. The van der Waals surface area contributed by atoms with Gasteiger partial charge < -0.3 is 4.42 Å². The Bertz CT molecular complexity index is 1550.